The lowest BCUT2D eigenvalue weighted by molar-refractivity contribution is -0.126. The van der Waals surface area contributed by atoms with Crippen LogP contribution in [0.4, 0.5) is 9.59 Å². The van der Waals surface area contributed by atoms with Crippen LogP contribution in [0.5, 0.6) is 0 Å². The summed E-state index contributed by atoms with van der Waals surface area (Å²) in [6, 6.07) is 0.225. The maximum Gasteiger partial charge on any atom is 0.407 e. The molecule has 7 nitrogen and oxygen atoms in total. The lowest BCUT2D eigenvalue weighted by Crippen LogP contribution is -2.43. The fourth-order valence-corrected chi connectivity index (χ4v) is 9.82. The third kappa shape index (κ3) is 6.31. The van der Waals surface area contributed by atoms with Gasteiger partial charge >= 0.3 is 12.2 Å². The van der Waals surface area contributed by atoms with Crippen molar-refractivity contribution < 1.29 is 23.9 Å². The Bertz CT molecular complexity index is 993. The average molecular weight is 581 g/mol. The van der Waals surface area contributed by atoms with Crippen LogP contribution in [0.15, 0.2) is 24.3 Å². The number of carbonyl (C=O) groups excluding carboxylic acids is 3. The predicted octanol–water partition coefficient (Wildman–Crippen LogP) is 7.11. The first-order valence-electron chi connectivity index (χ1n) is 17.0. The summed E-state index contributed by atoms with van der Waals surface area (Å²) >= 11 is 0. The summed E-state index contributed by atoms with van der Waals surface area (Å²) < 4.78 is 11.8. The van der Waals surface area contributed by atoms with Gasteiger partial charge < -0.3 is 20.1 Å². The van der Waals surface area contributed by atoms with Gasteiger partial charge in [-0.1, -0.05) is 50.0 Å². The number of ketones is 1. The predicted molar refractivity (Wildman–Crippen MR) is 162 cm³/mol. The minimum Gasteiger partial charge on any atom is -0.449 e. The Balaban J connectivity index is 1.07. The highest BCUT2D eigenvalue weighted by Crippen LogP contribution is 2.57. The number of alkyl carbamates (subject to hydrolysis) is 2. The van der Waals surface area contributed by atoms with E-state index in [2.05, 4.69) is 48.8 Å². The van der Waals surface area contributed by atoms with Gasteiger partial charge in [-0.05, 0) is 101 Å². The van der Waals surface area contributed by atoms with E-state index in [1.54, 1.807) is 0 Å². The maximum atomic E-state index is 14.0. The molecular weight excluding hydrogens is 528 g/mol. The Morgan fingerprint density at radius 3 is 1.43 bits per heavy atom. The molecule has 232 valence electrons. The Kier molecular flexibility index (Phi) is 8.75. The van der Waals surface area contributed by atoms with Crippen LogP contribution in [0.2, 0.25) is 0 Å². The van der Waals surface area contributed by atoms with Crippen LogP contribution in [0.3, 0.4) is 0 Å². The number of carbonyl (C=O) groups is 3. The topological polar surface area (TPSA) is 93.7 Å². The molecule has 6 aliphatic carbocycles. The Labute approximate surface area is 252 Å². The summed E-state index contributed by atoms with van der Waals surface area (Å²) in [4.78, 5) is 39.6. The lowest BCUT2D eigenvalue weighted by atomic mass is 9.68. The molecule has 0 aromatic carbocycles. The highest BCUT2D eigenvalue weighted by atomic mass is 16.6. The van der Waals surface area contributed by atoms with E-state index in [-0.39, 0.29) is 65.9 Å². The van der Waals surface area contributed by atoms with Crippen molar-refractivity contribution in [3.8, 4) is 0 Å². The third-order valence-electron chi connectivity index (χ3n) is 12.2. The van der Waals surface area contributed by atoms with Crippen molar-refractivity contribution in [3.63, 3.8) is 0 Å². The molecule has 8 atom stereocenters. The molecule has 0 aromatic heterocycles. The van der Waals surface area contributed by atoms with Gasteiger partial charge in [0.2, 0.25) is 0 Å². The first-order chi connectivity index (χ1) is 20.2. The first-order valence-corrected chi connectivity index (χ1v) is 17.0. The number of allylic oxidation sites excluding steroid dienone is 4. The van der Waals surface area contributed by atoms with Crippen LogP contribution in [0.25, 0.3) is 0 Å². The monoisotopic (exact) mass is 580 g/mol. The molecule has 4 fully saturated rings. The van der Waals surface area contributed by atoms with E-state index in [9.17, 15) is 14.4 Å². The van der Waals surface area contributed by atoms with Gasteiger partial charge in [0.05, 0.1) is 13.2 Å². The highest BCUT2D eigenvalue weighted by molar-refractivity contribution is 5.80. The number of rotatable bonds is 12. The van der Waals surface area contributed by atoms with Gasteiger partial charge in [0, 0.05) is 35.8 Å². The fraction of sp³-hybridized carbons (Fsp3) is 0.800. The number of fused-ring (bicyclic) bond motifs is 4. The zero-order valence-corrected chi connectivity index (χ0v) is 25.8. The number of hydrogen-bond acceptors (Lipinski definition) is 5. The minimum atomic E-state index is -0.353. The second kappa shape index (κ2) is 12.4. The minimum absolute atomic E-state index is 0.113. The van der Waals surface area contributed by atoms with Gasteiger partial charge in [0.1, 0.15) is 5.78 Å². The third-order valence-corrected chi connectivity index (χ3v) is 12.2. The molecule has 6 rings (SSSR count). The average Bonchev–Trinajstić information content (AvgIpc) is 3.80. The molecular formula is C35H52N2O5. The van der Waals surface area contributed by atoms with Gasteiger partial charge in [-0.2, -0.15) is 0 Å². The van der Waals surface area contributed by atoms with Gasteiger partial charge in [-0.15, -0.1) is 0 Å². The van der Waals surface area contributed by atoms with Crippen molar-refractivity contribution in [1.82, 2.24) is 10.6 Å². The van der Waals surface area contributed by atoms with Crippen LogP contribution >= 0.6 is 0 Å². The summed E-state index contributed by atoms with van der Waals surface area (Å²) in [6.45, 7) is 4.73. The van der Waals surface area contributed by atoms with Crippen molar-refractivity contribution in [2.24, 2.45) is 46.3 Å². The van der Waals surface area contributed by atoms with Crippen molar-refractivity contribution in [2.45, 2.75) is 116 Å². The van der Waals surface area contributed by atoms with Crippen LogP contribution < -0.4 is 10.6 Å². The highest BCUT2D eigenvalue weighted by Gasteiger charge is 2.54. The quantitative estimate of drug-likeness (QED) is 0.240. The largest absolute Gasteiger partial charge is 0.449 e. The normalized spacial score (nSPS) is 36.4. The van der Waals surface area contributed by atoms with E-state index in [1.807, 2.05) is 0 Å². The SMILES string of the molecule is CC(NC(=O)OCC1(CC(=O)CC2(COC(=O)NC(C)C3CCCC3)CC3C=CC2C3)CC2C=CC1C2)C1CCCC1. The Morgan fingerprint density at radius 2 is 1.10 bits per heavy atom. The van der Waals surface area contributed by atoms with Gasteiger partial charge in [-0.25, -0.2) is 9.59 Å². The van der Waals surface area contributed by atoms with Crippen molar-refractivity contribution in [2.75, 3.05) is 13.2 Å². The smallest absolute Gasteiger partial charge is 0.407 e. The summed E-state index contributed by atoms with van der Waals surface area (Å²) in [5.41, 5.74) is -0.679. The van der Waals surface area contributed by atoms with E-state index in [1.165, 1.54) is 25.7 Å². The molecule has 2 amide bonds. The molecule has 4 bridgehead atoms. The standard InChI is InChI=1S/C35H52N2O5/c1-23(27-7-3-4-8-27)36-32(39)41-21-34(17-25-11-13-29(34)15-25)19-31(38)20-35(18-26-12-14-30(35)16-26)22-42-33(40)37-24(2)28-9-5-6-10-28/h11-14,23-30H,3-10,15-22H2,1-2H3,(H,36,39)(H,37,40). The fourth-order valence-electron chi connectivity index (χ4n) is 9.82. The van der Waals surface area contributed by atoms with E-state index >= 15 is 0 Å². The van der Waals surface area contributed by atoms with Gasteiger partial charge in [0.15, 0.2) is 0 Å². The lowest BCUT2D eigenvalue weighted by Gasteiger charge is -2.38. The molecule has 4 saturated carbocycles. The van der Waals surface area contributed by atoms with Crippen LogP contribution in [-0.2, 0) is 14.3 Å². The molecule has 42 heavy (non-hydrogen) atoms. The number of hydrogen-bond donors (Lipinski definition) is 2. The molecule has 7 heteroatoms. The number of ether oxygens (including phenoxy) is 2. The Morgan fingerprint density at radius 1 is 0.690 bits per heavy atom. The molecule has 0 radical (unpaired) electrons. The number of nitrogens with one attached hydrogen (secondary N) is 2. The maximum absolute atomic E-state index is 14.0. The molecule has 6 aliphatic rings. The second-order valence-corrected chi connectivity index (χ2v) is 15.1. The van der Waals surface area contributed by atoms with E-state index < -0.39 is 0 Å². The Hall–Kier alpha value is -2.31. The molecule has 0 spiro atoms. The zero-order chi connectivity index (χ0) is 29.3. The summed E-state index contributed by atoms with van der Waals surface area (Å²) in [5.74, 6) is 2.72. The van der Waals surface area contributed by atoms with Crippen LogP contribution in [0.1, 0.15) is 104 Å². The molecule has 0 heterocycles. The van der Waals surface area contributed by atoms with E-state index in [0.29, 0.717) is 36.5 Å². The number of amides is 2. The van der Waals surface area contributed by atoms with Crippen molar-refractivity contribution in [3.05, 3.63) is 24.3 Å². The van der Waals surface area contributed by atoms with E-state index in [4.69, 9.17) is 9.47 Å². The van der Waals surface area contributed by atoms with E-state index in [0.717, 1.165) is 51.4 Å². The molecule has 0 saturated heterocycles. The summed E-state index contributed by atoms with van der Waals surface area (Å²) in [7, 11) is 0. The van der Waals surface area contributed by atoms with Gasteiger partial charge in [0.25, 0.3) is 0 Å². The molecule has 2 N–H and O–H groups in total. The van der Waals surface area contributed by atoms with Crippen LogP contribution in [-0.4, -0.2) is 43.3 Å². The second-order valence-electron chi connectivity index (χ2n) is 15.1. The van der Waals surface area contributed by atoms with Gasteiger partial charge in [-0.3, -0.25) is 4.79 Å². The molecule has 8 unspecified atom stereocenters. The summed E-state index contributed by atoms with van der Waals surface area (Å²) in [6.07, 6.45) is 22.6. The molecule has 0 aromatic rings. The number of Topliss-reactive ketones (excluding diaryl/α,β-unsaturated/α-hetero) is 1. The van der Waals surface area contributed by atoms with Crippen molar-refractivity contribution >= 4 is 18.0 Å². The molecule has 0 aliphatic heterocycles. The zero-order valence-electron chi connectivity index (χ0n) is 25.8. The summed E-state index contributed by atoms with van der Waals surface area (Å²) in [5, 5.41) is 6.15. The van der Waals surface area contributed by atoms with Crippen molar-refractivity contribution in [1.29, 1.82) is 0 Å². The van der Waals surface area contributed by atoms with Crippen LogP contribution in [0, 0.1) is 46.3 Å². The first kappa shape index (κ1) is 29.7.